The summed E-state index contributed by atoms with van der Waals surface area (Å²) in [7, 11) is -3.01. The topological polar surface area (TPSA) is 127 Å². The molecule has 0 bridgehead atoms. The summed E-state index contributed by atoms with van der Waals surface area (Å²) in [5.41, 5.74) is -0.177. The molecule has 1 saturated heterocycles. The van der Waals surface area contributed by atoms with Crippen LogP contribution < -0.4 is 5.32 Å². The van der Waals surface area contributed by atoms with Crippen LogP contribution in [-0.2, 0) is 9.84 Å². The summed E-state index contributed by atoms with van der Waals surface area (Å²) in [5, 5.41) is 22.6. The number of nitro groups is 1. The van der Waals surface area contributed by atoms with Crippen LogP contribution in [0.2, 0.25) is 0 Å². The summed E-state index contributed by atoms with van der Waals surface area (Å²) < 4.78 is 22.7. The minimum Gasteiger partial charge on any atom is -0.478 e. The zero-order valence-corrected chi connectivity index (χ0v) is 11.8. The molecule has 0 saturated carbocycles. The van der Waals surface area contributed by atoms with Crippen LogP contribution in [0.15, 0.2) is 18.2 Å². The van der Waals surface area contributed by atoms with Gasteiger partial charge in [0.15, 0.2) is 9.84 Å². The van der Waals surface area contributed by atoms with E-state index in [1.54, 1.807) is 0 Å². The first-order valence-electron chi connectivity index (χ1n) is 6.24. The number of nitrogens with zero attached hydrogens (tertiary/aromatic N) is 1. The third kappa shape index (κ3) is 3.69. The predicted octanol–water partition coefficient (Wildman–Crippen LogP) is 1.14. The number of aromatic carboxylic acids is 1. The van der Waals surface area contributed by atoms with Crippen LogP contribution in [0.4, 0.5) is 11.4 Å². The highest BCUT2D eigenvalue weighted by atomic mass is 32.2. The summed E-state index contributed by atoms with van der Waals surface area (Å²) >= 11 is 0. The molecular weight excluding hydrogens is 300 g/mol. The number of hydrogen-bond donors (Lipinski definition) is 2. The molecular formula is C12H14N2O6S. The monoisotopic (exact) mass is 314 g/mol. The van der Waals surface area contributed by atoms with E-state index in [1.807, 2.05) is 0 Å². The Morgan fingerprint density at radius 3 is 2.71 bits per heavy atom. The lowest BCUT2D eigenvalue weighted by Crippen LogP contribution is -2.17. The molecule has 1 atom stereocenters. The number of carboxylic acids is 1. The van der Waals surface area contributed by atoms with E-state index >= 15 is 0 Å². The van der Waals surface area contributed by atoms with Gasteiger partial charge in [-0.1, -0.05) is 0 Å². The molecule has 2 N–H and O–H groups in total. The van der Waals surface area contributed by atoms with E-state index in [-0.39, 0.29) is 40.9 Å². The predicted molar refractivity (Wildman–Crippen MR) is 75.3 cm³/mol. The Kier molecular flexibility index (Phi) is 4.12. The molecule has 8 nitrogen and oxygen atoms in total. The molecule has 0 radical (unpaired) electrons. The number of nitrogens with one attached hydrogen (secondary N) is 1. The first kappa shape index (κ1) is 15.2. The fourth-order valence-corrected chi connectivity index (χ4v) is 4.13. The number of anilines is 1. The Morgan fingerprint density at radius 2 is 2.19 bits per heavy atom. The molecule has 9 heteroatoms. The van der Waals surface area contributed by atoms with Crippen LogP contribution in [0.5, 0.6) is 0 Å². The fraction of sp³-hybridized carbons (Fsp3) is 0.417. The second kappa shape index (κ2) is 5.68. The zero-order chi connectivity index (χ0) is 15.6. The summed E-state index contributed by atoms with van der Waals surface area (Å²) in [6.45, 7) is 0.265. The van der Waals surface area contributed by atoms with E-state index in [4.69, 9.17) is 5.11 Å². The van der Waals surface area contributed by atoms with Gasteiger partial charge in [0, 0.05) is 18.7 Å². The van der Waals surface area contributed by atoms with E-state index in [1.165, 1.54) is 0 Å². The van der Waals surface area contributed by atoms with Gasteiger partial charge in [-0.25, -0.2) is 13.2 Å². The van der Waals surface area contributed by atoms with Gasteiger partial charge in [0.1, 0.15) is 0 Å². The standard InChI is InChI=1S/C12H14N2O6S/c15-12(16)10-2-1-9(14(17)18)5-11(10)13-6-8-3-4-21(19,20)7-8/h1-2,5,8,13H,3-4,6-7H2,(H,15,16). The Labute approximate surface area is 120 Å². The Morgan fingerprint density at radius 1 is 1.48 bits per heavy atom. The quantitative estimate of drug-likeness (QED) is 0.616. The number of sulfone groups is 1. The third-order valence-electron chi connectivity index (χ3n) is 3.35. The largest absolute Gasteiger partial charge is 0.478 e. The number of rotatable bonds is 5. The average Bonchev–Trinajstić information content (AvgIpc) is 2.75. The number of carbonyl (C=O) groups is 1. The number of hydrogen-bond acceptors (Lipinski definition) is 6. The lowest BCUT2D eigenvalue weighted by Gasteiger charge is -2.12. The molecule has 0 aliphatic carbocycles. The number of non-ortho nitro benzene ring substituents is 1. The highest BCUT2D eigenvalue weighted by molar-refractivity contribution is 7.91. The molecule has 0 amide bonds. The Bertz CT molecular complexity index is 685. The second-order valence-corrected chi connectivity index (χ2v) is 7.17. The number of nitro benzene ring substituents is 1. The van der Waals surface area contributed by atoms with Crippen molar-refractivity contribution >= 4 is 27.2 Å². The SMILES string of the molecule is O=C(O)c1ccc([N+](=O)[O-])cc1NCC1CCS(=O)(=O)C1. The smallest absolute Gasteiger partial charge is 0.337 e. The molecule has 0 spiro atoms. The number of benzene rings is 1. The first-order chi connectivity index (χ1) is 9.78. The number of carboxylic acid groups (broad SMARTS) is 1. The van der Waals surface area contributed by atoms with E-state index in [9.17, 15) is 23.3 Å². The van der Waals surface area contributed by atoms with Crippen molar-refractivity contribution in [2.24, 2.45) is 5.92 Å². The van der Waals surface area contributed by atoms with Crippen molar-refractivity contribution in [2.45, 2.75) is 6.42 Å². The Balaban J connectivity index is 2.16. The molecule has 1 aliphatic heterocycles. The van der Waals surface area contributed by atoms with Gasteiger partial charge in [0.05, 0.1) is 27.7 Å². The van der Waals surface area contributed by atoms with Gasteiger partial charge < -0.3 is 10.4 Å². The fourth-order valence-electron chi connectivity index (χ4n) is 2.27. The molecule has 1 aromatic rings. The van der Waals surface area contributed by atoms with Crippen molar-refractivity contribution in [1.82, 2.24) is 0 Å². The zero-order valence-electron chi connectivity index (χ0n) is 11.0. The summed E-state index contributed by atoms with van der Waals surface area (Å²) in [4.78, 5) is 21.2. The molecule has 21 heavy (non-hydrogen) atoms. The molecule has 1 unspecified atom stereocenters. The Hall–Kier alpha value is -2.16. The van der Waals surface area contributed by atoms with Crippen molar-refractivity contribution < 1.29 is 23.2 Å². The van der Waals surface area contributed by atoms with Gasteiger partial charge in [0.25, 0.3) is 5.69 Å². The maximum atomic E-state index is 11.4. The highest BCUT2D eigenvalue weighted by Gasteiger charge is 2.28. The maximum absolute atomic E-state index is 11.4. The molecule has 1 fully saturated rings. The van der Waals surface area contributed by atoms with Crippen LogP contribution >= 0.6 is 0 Å². The summed E-state index contributed by atoms with van der Waals surface area (Å²) in [6, 6.07) is 3.43. The molecule has 1 heterocycles. The minimum absolute atomic E-state index is 0.0529. The van der Waals surface area contributed by atoms with Crippen molar-refractivity contribution in [3.63, 3.8) is 0 Å². The van der Waals surface area contributed by atoms with Gasteiger partial charge in [-0.15, -0.1) is 0 Å². The van der Waals surface area contributed by atoms with Crippen molar-refractivity contribution in [1.29, 1.82) is 0 Å². The van der Waals surface area contributed by atoms with Crippen molar-refractivity contribution in [2.75, 3.05) is 23.4 Å². The third-order valence-corrected chi connectivity index (χ3v) is 5.19. The highest BCUT2D eigenvalue weighted by Crippen LogP contribution is 2.25. The minimum atomic E-state index is -3.01. The van der Waals surface area contributed by atoms with Crippen LogP contribution in [0.25, 0.3) is 0 Å². The average molecular weight is 314 g/mol. The summed E-state index contributed by atoms with van der Waals surface area (Å²) in [6.07, 6.45) is 0.507. The van der Waals surface area contributed by atoms with E-state index in [0.29, 0.717) is 6.42 Å². The van der Waals surface area contributed by atoms with Crippen molar-refractivity contribution in [3.8, 4) is 0 Å². The van der Waals surface area contributed by atoms with Gasteiger partial charge in [-0.2, -0.15) is 0 Å². The van der Waals surface area contributed by atoms with E-state index < -0.39 is 20.7 Å². The van der Waals surface area contributed by atoms with Gasteiger partial charge >= 0.3 is 5.97 Å². The summed E-state index contributed by atoms with van der Waals surface area (Å²) in [5.74, 6) is -1.14. The van der Waals surface area contributed by atoms with Gasteiger partial charge in [-0.05, 0) is 18.4 Å². The first-order valence-corrected chi connectivity index (χ1v) is 8.06. The molecule has 1 aromatic carbocycles. The van der Waals surface area contributed by atoms with Crippen LogP contribution in [0.1, 0.15) is 16.8 Å². The molecule has 2 rings (SSSR count). The molecule has 114 valence electrons. The van der Waals surface area contributed by atoms with E-state index in [0.717, 1.165) is 18.2 Å². The van der Waals surface area contributed by atoms with Gasteiger partial charge in [0.2, 0.25) is 0 Å². The van der Waals surface area contributed by atoms with Crippen molar-refractivity contribution in [3.05, 3.63) is 33.9 Å². The molecule has 1 aliphatic rings. The molecule has 0 aromatic heterocycles. The lowest BCUT2D eigenvalue weighted by molar-refractivity contribution is -0.384. The maximum Gasteiger partial charge on any atom is 0.337 e. The van der Waals surface area contributed by atoms with E-state index in [2.05, 4.69) is 5.32 Å². The van der Waals surface area contributed by atoms with Crippen LogP contribution in [0, 0.1) is 16.0 Å². The normalized spacial score (nSPS) is 20.1. The van der Waals surface area contributed by atoms with Gasteiger partial charge in [-0.3, -0.25) is 10.1 Å². The lowest BCUT2D eigenvalue weighted by atomic mass is 10.1. The van der Waals surface area contributed by atoms with Crippen LogP contribution in [0.3, 0.4) is 0 Å². The second-order valence-electron chi connectivity index (χ2n) is 4.94. The van der Waals surface area contributed by atoms with Crippen LogP contribution in [-0.4, -0.2) is 42.5 Å².